The predicted octanol–water partition coefficient (Wildman–Crippen LogP) is 3.61. The molecule has 174 valence electrons. The van der Waals surface area contributed by atoms with E-state index >= 15 is 0 Å². The molecular weight excluding hydrogens is 439 g/mol. The predicted molar refractivity (Wildman–Crippen MR) is 127 cm³/mol. The molecule has 2 fully saturated rings. The van der Waals surface area contributed by atoms with Crippen LogP contribution in [0.15, 0.2) is 41.1 Å². The summed E-state index contributed by atoms with van der Waals surface area (Å²) in [5, 5.41) is 7.29. The molecule has 1 aliphatic heterocycles. The molecule has 6 rings (SSSR count). The van der Waals surface area contributed by atoms with Crippen molar-refractivity contribution in [3.63, 3.8) is 0 Å². The molecule has 1 saturated carbocycles. The molecule has 0 unspecified atom stereocenters. The van der Waals surface area contributed by atoms with E-state index in [0.29, 0.717) is 41.9 Å². The zero-order valence-corrected chi connectivity index (χ0v) is 18.5. The van der Waals surface area contributed by atoms with Crippen molar-refractivity contribution in [3.8, 4) is 11.5 Å². The molecule has 9 nitrogen and oxygen atoms in total. The van der Waals surface area contributed by atoms with Gasteiger partial charge < -0.3 is 24.7 Å². The second-order valence-corrected chi connectivity index (χ2v) is 8.50. The highest BCUT2D eigenvalue weighted by molar-refractivity contribution is 6.03. The average Bonchev–Trinajstić information content (AvgIpc) is 3.45. The number of benzene rings is 1. The van der Waals surface area contributed by atoms with E-state index in [4.69, 9.17) is 14.1 Å². The van der Waals surface area contributed by atoms with Crippen molar-refractivity contribution in [2.75, 3.05) is 48.9 Å². The van der Waals surface area contributed by atoms with Gasteiger partial charge in [0.25, 0.3) is 0 Å². The average molecular weight is 462 g/mol. The smallest absolute Gasteiger partial charge is 0.231 e. The molecular formula is C24H23FN6O3. The molecule has 4 heterocycles. The number of halogens is 1. The number of nitrogens with zero attached hydrogens (tertiary/aromatic N) is 4. The van der Waals surface area contributed by atoms with Crippen molar-refractivity contribution in [2.45, 2.75) is 12.6 Å². The van der Waals surface area contributed by atoms with Crippen LogP contribution in [0.25, 0.3) is 33.3 Å². The number of ether oxygens (including phenoxy) is 1. The monoisotopic (exact) mass is 462 g/mol. The Morgan fingerprint density at radius 2 is 1.97 bits per heavy atom. The number of rotatable bonds is 5. The van der Waals surface area contributed by atoms with Crippen LogP contribution in [0.5, 0.6) is 0 Å². The van der Waals surface area contributed by atoms with Crippen LogP contribution in [-0.2, 0) is 9.53 Å². The van der Waals surface area contributed by atoms with Crippen molar-refractivity contribution < 1.29 is 18.3 Å². The van der Waals surface area contributed by atoms with Gasteiger partial charge in [0.2, 0.25) is 11.8 Å². The van der Waals surface area contributed by atoms with Crippen molar-refractivity contribution in [1.82, 2.24) is 15.0 Å². The second kappa shape index (κ2) is 8.21. The van der Waals surface area contributed by atoms with Crippen LogP contribution in [-0.4, -0.2) is 60.4 Å². The Balaban J connectivity index is 1.40. The Labute approximate surface area is 194 Å². The molecule has 2 aliphatic rings. The SMILES string of the molecule is CNc1ncc(-c2nc3cc(N4CCOCC4)ccc3o2)c2cc(NC(=O)[C@@H]3C[C@@H]3F)ncc12. The van der Waals surface area contributed by atoms with Gasteiger partial charge in [0.05, 0.1) is 24.7 Å². The molecule has 34 heavy (non-hydrogen) atoms. The molecule has 1 saturated heterocycles. The fourth-order valence-corrected chi connectivity index (χ4v) is 4.28. The minimum atomic E-state index is -1.07. The van der Waals surface area contributed by atoms with E-state index in [9.17, 15) is 9.18 Å². The quantitative estimate of drug-likeness (QED) is 0.463. The van der Waals surface area contributed by atoms with E-state index in [0.717, 1.165) is 35.1 Å². The number of alkyl halides is 1. The number of morpholine rings is 1. The number of hydrogen-bond acceptors (Lipinski definition) is 8. The molecule has 2 atom stereocenters. The van der Waals surface area contributed by atoms with Gasteiger partial charge in [0.1, 0.15) is 23.3 Å². The van der Waals surface area contributed by atoms with Gasteiger partial charge in [-0.3, -0.25) is 4.79 Å². The summed E-state index contributed by atoms with van der Waals surface area (Å²) in [7, 11) is 1.78. The maximum atomic E-state index is 13.3. The lowest BCUT2D eigenvalue weighted by atomic mass is 10.1. The lowest BCUT2D eigenvalue weighted by Gasteiger charge is -2.28. The van der Waals surface area contributed by atoms with Crippen molar-refractivity contribution >= 4 is 45.1 Å². The largest absolute Gasteiger partial charge is 0.436 e. The van der Waals surface area contributed by atoms with Crippen molar-refractivity contribution in [1.29, 1.82) is 0 Å². The van der Waals surface area contributed by atoms with Crippen LogP contribution in [0.1, 0.15) is 6.42 Å². The molecule has 0 bridgehead atoms. The number of pyridine rings is 2. The lowest BCUT2D eigenvalue weighted by Crippen LogP contribution is -2.36. The minimum absolute atomic E-state index is 0.258. The number of fused-ring (bicyclic) bond motifs is 2. The Hall–Kier alpha value is -3.79. The van der Waals surface area contributed by atoms with Gasteiger partial charge in [-0.1, -0.05) is 0 Å². The van der Waals surface area contributed by atoms with Crippen LogP contribution in [0.3, 0.4) is 0 Å². The zero-order chi connectivity index (χ0) is 23.2. The third-order valence-electron chi connectivity index (χ3n) is 6.29. The van der Waals surface area contributed by atoms with E-state index in [1.807, 2.05) is 18.2 Å². The third-order valence-corrected chi connectivity index (χ3v) is 6.29. The van der Waals surface area contributed by atoms with Gasteiger partial charge in [-0.15, -0.1) is 0 Å². The van der Waals surface area contributed by atoms with Gasteiger partial charge in [-0.2, -0.15) is 0 Å². The highest BCUT2D eigenvalue weighted by Gasteiger charge is 2.43. The summed E-state index contributed by atoms with van der Waals surface area (Å²) in [6, 6.07) is 7.71. The summed E-state index contributed by atoms with van der Waals surface area (Å²) in [6.07, 6.45) is 2.50. The summed E-state index contributed by atoms with van der Waals surface area (Å²) in [5.41, 5.74) is 3.16. The maximum absolute atomic E-state index is 13.3. The Morgan fingerprint density at radius 3 is 2.74 bits per heavy atom. The van der Waals surface area contributed by atoms with Crippen LogP contribution in [0, 0.1) is 5.92 Å². The first-order valence-corrected chi connectivity index (χ1v) is 11.3. The number of carbonyl (C=O) groups is 1. The standard InChI is InChI=1S/C24H23FN6O3/c1-26-22-16-11-27-21(30-23(32)15-9-18(15)25)10-14(16)17(12-28-22)24-29-19-8-13(2-3-20(19)34-24)31-4-6-33-7-5-31/h2-3,8,10-12,15,18H,4-7,9H2,1H3,(H,26,28)(H,27,30,32)/t15-,18+/m1/s1. The normalized spacial score (nSPS) is 20.0. The number of hydrogen-bond donors (Lipinski definition) is 2. The van der Waals surface area contributed by atoms with E-state index in [2.05, 4.69) is 25.5 Å². The van der Waals surface area contributed by atoms with Crippen LogP contribution < -0.4 is 15.5 Å². The molecule has 0 spiro atoms. The van der Waals surface area contributed by atoms with Gasteiger partial charge >= 0.3 is 0 Å². The third kappa shape index (κ3) is 3.69. The molecule has 1 amide bonds. The molecule has 1 aliphatic carbocycles. The summed E-state index contributed by atoms with van der Waals surface area (Å²) >= 11 is 0. The van der Waals surface area contributed by atoms with E-state index < -0.39 is 12.1 Å². The highest BCUT2D eigenvalue weighted by Crippen LogP contribution is 2.36. The number of aromatic nitrogens is 3. The summed E-state index contributed by atoms with van der Waals surface area (Å²) in [4.78, 5) is 28.0. The fraction of sp³-hybridized carbons (Fsp3) is 0.333. The van der Waals surface area contributed by atoms with Crippen molar-refractivity contribution in [2.24, 2.45) is 5.92 Å². The van der Waals surface area contributed by atoms with E-state index in [1.165, 1.54) is 0 Å². The molecule has 2 N–H and O–H groups in total. The number of nitrogens with one attached hydrogen (secondary N) is 2. The highest BCUT2D eigenvalue weighted by atomic mass is 19.1. The van der Waals surface area contributed by atoms with Gasteiger partial charge in [-0.25, -0.2) is 19.3 Å². The Morgan fingerprint density at radius 1 is 1.15 bits per heavy atom. The summed E-state index contributed by atoms with van der Waals surface area (Å²) < 4.78 is 24.8. The molecule has 1 aromatic carbocycles. The van der Waals surface area contributed by atoms with E-state index in [-0.39, 0.29) is 12.3 Å². The zero-order valence-electron chi connectivity index (χ0n) is 18.5. The minimum Gasteiger partial charge on any atom is -0.436 e. The maximum Gasteiger partial charge on any atom is 0.231 e. The second-order valence-electron chi connectivity index (χ2n) is 8.50. The first-order valence-electron chi connectivity index (χ1n) is 11.3. The number of amides is 1. The lowest BCUT2D eigenvalue weighted by molar-refractivity contribution is -0.117. The number of carbonyl (C=O) groups excluding carboxylic acids is 1. The molecule has 10 heteroatoms. The van der Waals surface area contributed by atoms with Gasteiger partial charge in [-0.05, 0) is 30.7 Å². The first-order chi connectivity index (χ1) is 16.6. The van der Waals surface area contributed by atoms with Crippen molar-refractivity contribution in [3.05, 3.63) is 36.7 Å². The van der Waals surface area contributed by atoms with Gasteiger partial charge in [0.15, 0.2) is 5.58 Å². The summed E-state index contributed by atoms with van der Waals surface area (Å²) in [6.45, 7) is 3.08. The first kappa shape index (κ1) is 20.8. The number of oxazole rings is 1. The topological polar surface area (TPSA) is 105 Å². The Bertz CT molecular complexity index is 1400. The van der Waals surface area contributed by atoms with Gasteiger partial charge in [0, 0.05) is 49.0 Å². The molecule has 0 radical (unpaired) electrons. The number of anilines is 3. The molecule has 4 aromatic rings. The van der Waals surface area contributed by atoms with Crippen LogP contribution in [0.4, 0.5) is 21.7 Å². The molecule has 3 aromatic heterocycles. The fourth-order valence-electron chi connectivity index (χ4n) is 4.28. The van der Waals surface area contributed by atoms with E-state index in [1.54, 1.807) is 25.5 Å². The summed E-state index contributed by atoms with van der Waals surface area (Å²) in [5.74, 6) is 0.447. The van der Waals surface area contributed by atoms with Crippen LogP contribution >= 0.6 is 0 Å². The Kier molecular flexibility index (Phi) is 5.02. The van der Waals surface area contributed by atoms with Crippen LogP contribution in [0.2, 0.25) is 0 Å².